The summed E-state index contributed by atoms with van der Waals surface area (Å²) in [5.41, 5.74) is 1.70. The molecular weight excluding hydrogens is 314 g/mol. The van der Waals surface area contributed by atoms with Crippen LogP contribution < -0.4 is 10.2 Å². The number of hydrogen-bond donors (Lipinski definition) is 1. The van der Waals surface area contributed by atoms with E-state index in [0.717, 1.165) is 12.2 Å². The molecule has 0 radical (unpaired) electrons. The van der Waals surface area contributed by atoms with E-state index in [1.807, 2.05) is 31.3 Å². The lowest BCUT2D eigenvalue weighted by atomic mass is 10.1. The molecule has 1 aliphatic rings. The maximum absolute atomic E-state index is 12.3. The molecule has 0 unspecified atom stereocenters. The number of rotatable bonds is 5. The summed E-state index contributed by atoms with van der Waals surface area (Å²) in [5, 5.41) is 3.00. The highest BCUT2D eigenvalue weighted by molar-refractivity contribution is 7.88. The molecule has 7 heteroatoms. The molecule has 1 amide bonds. The van der Waals surface area contributed by atoms with Crippen molar-refractivity contribution in [3.63, 3.8) is 0 Å². The van der Waals surface area contributed by atoms with Crippen LogP contribution >= 0.6 is 0 Å². The van der Waals surface area contributed by atoms with Crippen molar-refractivity contribution in [1.82, 2.24) is 9.62 Å². The first-order valence-corrected chi connectivity index (χ1v) is 9.73. The number of carbonyl (C=O) groups is 1. The number of hydrogen-bond acceptors (Lipinski definition) is 4. The number of nitrogens with zero attached hydrogens (tertiary/aromatic N) is 2. The van der Waals surface area contributed by atoms with Crippen LogP contribution in [0, 0.1) is 0 Å². The van der Waals surface area contributed by atoms with E-state index < -0.39 is 10.0 Å². The normalized spacial score (nSPS) is 17.0. The molecule has 0 spiro atoms. The molecule has 2 rings (SSSR count). The number of nitrogens with one attached hydrogen (secondary N) is 1. The van der Waals surface area contributed by atoms with Gasteiger partial charge in [-0.2, -0.15) is 0 Å². The third-order valence-electron chi connectivity index (χ3n) is 4.30. The van der Waals surface area contributed by atoms with E-state index in [4.69, 9.17) is 0 Å². The van der Waals surface area contributed by atoms with Crippen LogP contribution in [0.25, 0.3) is 0 Å². The molecule has 1 fully saturated rings. The van der Waals surface area contributed by atoms with Gasteiger partial charge in [0.05, 0.1) is 6.26 Å². The fourth-order valence-corrected chi connectivity index (χ4v) is 3.52. The van der Waals surface area contributed by atoms with Gasteiger partial charge in [0, 0.05) is 44.0 Å². The molecule has 0 aromatic heterocycles. The summed E-state index contributed by atoms with van der Waals surface area (Å²) in [7, 11) is -1.12. The van der Waals surface area contributed by atoms with Gasteiger partial charge in [-0.25, -0.2) is 12.7 Å². The van der Waals surface area contributed by atoms with Gasteiger partial charge in [0.2, 0.25) is 10.0 Å². The van der Waals surface area contributed by atoms with E-state index in [0.29, 0.717) is 31.5 Å². The summed E-state index contributed by atoms with van der Waals surface area (Å²) in [6.45, 7) is 3.90. The summed E-state index contributed by atoms with van der Waals surface area (Å²) < 4.78 is 24.4. The molecule has 128 valence electrons. The molecule has 6 nitrogen and oxygen atoms in total. The number of amides is 1. The van der Waals surface area contributed by atoms with E-state index >= 15 is 0 Å². The second kappa shape index (κ2) is 7.31. The lowest BCUT2D eigenvalue weighted by Gasteiger charge is -2.30. The van der Waals surface area contributed by atoms with Crippen molar-refractivity contribution in [3.05, 3.63) is 29.8 Å². The van der Waals surface area contributed by atoms with Gasteiger partial charge < -0.3 is 10.2 Å². The second-order valence-electron chi connectivity index (χ2n) is 5.97. The van der Waals surface area contributed by atoms with Gasteiger partial charge in [-0.3, -0.25) is 4.79 Å². The monoisotopic (exact) mass is 339 g/mol. The number of carbonyl (C=O) groups excluding carboxylic acids is 1. The van der Waals surface area contributed by atoms with Crippen molar-refractivity contribution >= 4 is 21.6 Å². The van der Waals surface area contributed by atoms with Crippen LogP contribution in [-0.2, 0) is 10.0 Å². The number of piperidine rings is 1. The Balaban J connectivity index is 1.90. The third-order valence-corrected chi connectivity index (χ3v) is 5.61. The molecule has 1 saturated heterocycles. The summed E-state index contributed by atoms with van der Waals surface area (Å²) >= 11 is 0. The highest BCUT2D eigenvalue weighted by atomic mass is 32.2. The van der Waals surface area contributed by atoms with Crippen molar-refractivity contribution in [2.75, 3.05) is 37.8 Å². The van der Waals surface area contributed by atoms with Crippen molar-refractivity contribution < 1.29 is 13.2 Å². The average molecular weight is 339 g/mol. The summed E-state index contributed by atoms with van der Waals surface area (Å²) in [5.74, 6) is -0.103. The zero-order valence-corrected chi connectivity index (χ0v) is 14.8. The summed E-state index contributed by atoms with van der Waals surface area (Å²) in [6, 6.07) is 7.54. The van der Waals surface area contributed by atoms with Gasteiger partial charge in [-0.05, 0) is 44.0 Å². The highest BCUT2D eigenvalue weighted by Gasteiger charge is 2.25. The van der Waals surface area contributed by atoms with Crippen LogP contribution in [0.15, 0.2) is 24.3 Å². The molecule has 1 aliphatic heterocycles. The Labute approximate surface area is 138 Å². The summed E-state index contributed by atoms with van der Waals surface area (Å²) in [4.78, 5) is 14.4. The second-order valence-corrected chi connectivity index (χ2v) is 7.95. The van der Waals surface area contributed by atoms with Crippen molar-refractivity contribution in [2.24, 2.45) is 0 Å². The zero-order chi connectivity index (χ0) is 17.0. The first-order valence-electron chi connectivity index (χ1n) is 7.88. The van der Waals surface area contributed by atoms with Crippen LogP contribution in [0.2, 0.25) is 0 Å². The van der Waals surface area contributed by atoms with Crippen molar-refractivity contribution in [3.8, 4) is 0 Å². The fourth-order valence-electron chi connectivity index (χ4n) is 2.65. The maximum Gasteiger partial charge on any atom is 0.251 e. The number of anilines is 1. The minimum Gasteiger partial charge on any atom is -0.375 e. The number of benzene rings is 1. The average Bonchev–Trinajstić information content (AvgIpc) is 2.54. The van der Waals surface area contributed by atoms with Crippen LogP contribution in [0.1, 0.15) is 30.1 Å². The van der Waals surface area contributed by atoms with Gasteiger partial charge >= 0.3 is 0 Å². The Kier molecular flexibility index (Phi) is 5.64. The molecule has 1 N–H and O–H groups in total. The Bertz CT molecular complexity index is 635. The predicted molar refractivity (Wildman–Crippen MR) is 92.3 cm³/mol. The standard InChI is InChI=1S/C16H25N3O3S/c1-4-18(2)15-7-5-13(6-8-15)16(20)17-14-9-11-19(12-10-14)23(3,21)22/h5-8,14H,4,9-12H2,1-3H3,(H,17,20). The Morgan fingerprint density at radius 2 is 1.83 bits per heavy atom. The van der Waals surface area contributed by atoms with Gasteiger partial charge in [0.15, 0.2) is 0 Å². The fraction of sp³-hybridized carbons (Fsp3) is 0.562. The first-order chi connectivity index (χ1) is 10.8. The topological polar surface area (TPSA) is 69.7 Å². The quantitative estimate of drug-likeness (QED) is 0.878. The van der Waals surface area contributed by atoms with Gasteiger partial charge in [0.1, 0.15) is 0 Å². The minimum absolute atomic E-state index is 0.0264. The van der Waals surface area contributed by atoms with E-state index in [-0.39, 0.29) is 11.9 Å². The molecule has 1 aromatic rings. The van der Waals surface area contributed by atoms with Crippen molar-refractivity contribution in [2.45, 2.75) is 25.8 Å². The number of sulfonamides is 1. The molecule has 0 saturated carbocycles. The van der Waals surface area contributed by atoms with Crippen LogP contribution in [0.4, 0.5) is 5.69 Å². The van der Waals surface area contributed by atoms with E-state index in [2.05, 4.69) is 17.1 Å². The molecular formula is C16H25N3O3S. The van der Waals surface area contributed by atoms with Gasteiger partial charge in [-0.1, -0.05) is 0 Å². The zero-order valence-electron chi connectivity index (χ0n) is 13.9. The third kappa shape index (κ3) is 4.68. The lowest BCUT2D eigenvalue weighted by molar-refractivity contribution is 0.0924. The van der Waals surface area contributed by atoms with Crippen LogP contribution in [-0.4, -0.2) is 57.6 Å². The molecule has 1 aromatic carbocycles. The molecule has 0 bridgehead atoms. The smallest absolute Gasteiger partial charge is 0.251 e. The maximum atomic E-state index is 12.3. The van der Waals surface area contributed by atoms with Crippen LogP contribution in [0.3, 0.4) is 0 Å². The SMILES string of the molecule is CCN(C)c1ccc(C(=O)NC2CCN(S(C)(=O)=O)CC2)cc1. The van der Waals surface area contributed by atoms with Gasteiger partial charge in [0.25, 0.3) is 5.91 Å². The highest BCUT2D eigenvalue weighted by Crippen LogP contribution is 2.16. The molecule has 1 heterocycles. The van der Waals surface area contributed by atoms with E-state index in [1.165, 1.54) is 10.6 Å². The van der Waals surface area contributed by atoms with Crippen LogP contribution in [0.5, 0.6) is 0 Å². The molecule has 23 heavy (non-hydrogen) atoms. The molecule has 0 aliphatic carbocycles. The Hall–Kier alpha value is -1.60. The first kappa shape index (κ1) is 17.7. The minimum atomic E-state index is -3.13. The van der Waals surface area contributed by atoms with E-state index in [9.17, 15) is 13.2 Å². The van der Waals surface area contributed by atoms with E-state index in [1.54, 1.807) is 0 Å². The largest absolute Gasteiger partial charge is 0.375 e. The van der Waals surface area contributed by atoms with Gasteiger partial charge in [-0.15, -0.1) is 0 Å². The van der Waals surface area contributed by atoms with Crippen molar-refractivity contribution in [1.29, 1.82) is 0 Å². The summed E-state index contributed by atoms with van der Waals surface area (Å²) in [6.07, 6.45) is 2.52. The molecule has 0 atom stereocenters. The lowest BCUT2D eigenvalue weighted by Crippen LogP contribution is -2.46. The Morgan fingerprint density at radius 1 is 1.26 bits per heavy atom. The Morgan fingerprint density at radius 3 is 2.30 bits per heavy atom. The predicted octanol–water partition coefficient (Wildman–Crippen LogP) is 1.30.